The van der Waals surface area contributed by atoms with Gasteiger partial charge in [-0.3, -0.25) is 4.79 Å². The summed E-state index contributed by atoms with van der Waals surface area (Å²) in [7, 11) is 1.84. The molecule has 0 radical (unpaired) electrons. The van der Waals surface area contributed by atoms with E-state index in [1.807, 2.05) is 24.7 Å². The van der Waals surface area contributed by atoms with Crippen molar-refractivity contribution in [2.24, 2.45) is 7.05 Å². The molecule has 0 bridgehead atoms. The van der Waals surface area contributed by atoms with Gasteiger partial charge in [-0.1, -0.05) is 24.3 Å². The van der Waals surface area contributed by atoms with Crippen LogP contribution in [0.1, 0.15) is 22.8 Å². The predicted octanol–water partition coefficient (Wildman–Crippen LogP) is 4.22. The lowest BCUT2D eigenvalue weighted by Crippen LogP contribution is -2.23. The van der Waals surface area contributed by atoms with Gasteiger partial charge in [0.1, 0.15) is 17.8 Å². The first-order chi connectivity index (χ1) is 15.6. The maximum atomic E-state index is 13.2. The quantitative estimate of drug-likeness (QED) is 0.427. The Balaban J connectivity index is 1.62. The number of nitrogens with zero attached hydrogens (tertiary/aromatic N) is 3. The van der Waals surface area contributed by atoms with Gasteiger partial charge in [-0.15, -0.1) is 0 Å². The molecule has 33 heavy (non-hydrogen) atoms. The molecule has 4 N–H and O–H groups in total. The van der Waals surface area contributed by atoms with Crippen LogP contribution in [0.25, 0.3) is 22.2 Å². The summed E-state index contributed by atoms with van der Waals surface area (Å²) >= 11 is 0. The van der Waals surface area contributed by atoms with Gasteiger partial charge >= 0.3 is 6.18 Å². The molecule has 1 unspecified atom stereocenters. The first-order valence-corrected chi connectivity index (χ1v) is 9.89. The maximum absolute atomic E-state index is 13.2. The topological polar surface area (TPSA) is 106 Å². The van der Waals surface area contributed by atoms with Crippen molar-refractivity contribution in [3.63, 3.8) is 0 Å². The highest BCUT2D eigenvalue weighted by atomic mass is 19.4. The van der Waals surface area contributed by atoms with Crippen LogP contribution in [-0.2, 0) is 18.0 Å². The zero-order valence-electron chi connectivity index (χ0n) is 17.7. The van der Waals surface area contributed by atoms with Crippen LogP contribution in [0.2, 0.25) is 0 Å². The van der Waals surface area contributed by atoms with Gasteiger partial charge in [-0.05, 0) is 36.2 Å². The molecule has 10 heteroatoms. The number of nitrogens with one attached hydrogen (secondary N) is 1. The number of alkyl halides is 3. The number of anilines is 2. The Morgan fingerprint density at radius 1 is 1.15 bits per heavy atom. The summed E-state index contributed by atoms with van der Waals surface area (Å²) in [4.78, 5) is 20.8. The van der Waals surface area contributed by atoms with Gasteiger partial charge in [0.25, 0.3) is 5.91 Å². The molecule has 0 saturated carbocycles. The molecular formula is C23H20F3N5O2. The van der Waals surface area contributed by atoms with Gasteiger partial charge < -0.3 is 20.7 Å². The van der Waals surface area contributed by atoms with Crippen molar-refractivity contribution >= 4 is 28.4 Å². The number of hydrogen-bond acceptors (Lipinski definition) is 5. The molecule has 2 aromatic heterocycles. The van der Waals surface area contributed by atoms with E-state index in [0.717, 1.165) is 28.8 Å². The number of aliphatic hydroxyl groups excluding tert-OH is 1. The van der Waals surface area contributed by atoms with Gasteiger partial charge in [0.15, 0.2) is 6.10 Å². The van der Waals surface area contributed by atoms with E-state index in [0.29, 0.717) is 22.5 Å². The summed E-state index contributed by atoms with van der Waals surface area (Å²) in [5.74, 6) is -0.638. The predicted molar refractivity (Wildman–Crippen MR) is 118 cm³/mol. The van der Waals surface area contributed by atoms with Gasteiger partial charge in [-0.2, -0.15) is 13.2 Å². The fraction of sp³-hybridized carbons (Fsp3) is 0.174. The average Bonchev–Trinajstić information content (AvgIpc) is 3.10. The van der Waals surface area contributed by atoms with Crippen molar-refractivity contribution in [1.29, 1.82) is 0 Å². The Labute approximate surface area is 186 Å². The number of rotatable bonds is 4. The van der Waals surface area contributed by atoms with Gasteiger partial charge in [0.05, 0.1) is 10.9 Å². The summed E-state index contributed by atoms with van der Waals surface area (Å²) in [5, 5.41) is 13.5. The smallest absolute Gasteiger partial charge is 0.383 e. The van der Waals surface area contributed by atoms with E-state index in [4.69, 9.17) is 5.73 Å². The van der Waals surface area contributed by atoms with E-state index in [1.165, 1.54) is 18.5 Å². The number of fused-ring (bicyclic) bond motifs is 1. The summed E-state index contributed by atoms with van der Waals surface area (Å²) in [6.45, 7) is 1.82. The molecule has 2 aromatic carbocycles. The van der Waals surface area contributed by atoms with Crippen molar-refractivity contribution in [3.8, 4) is 11.1 Å². The van der Waals surface area contributed by atoms with Gasteiger partial charge in [-0.25, -0.2) is 9.97 Å². The molecule has 170 valence electrons. The molecule has 0 fully saturated rings. The number of hydrogen-bond donors (Lipinski definition) is 3. The molecule has 0 spiro atoms. The Kier molecular flexibility index (Phi) is 5.54. The van der Waals surface area contributed by atoms with Crippen molar-refractivity contribution in [2.75, 3.05) is 11.1 Å². The number of nitrogen functional groups attached to an aromatic ring is 1. The lowest BCUT2D eigenvalue weighted by molar-refractivity contribution is -0.140. The highest BCUT2D eigenvalue weighted by Gasteiger charge is 2.36. The van der Waals surface area contributed by atoms with Crippen LogP contribution in [0.4, 0.5) is 24.7 Å². The van der Waals surface area contributed by atoms with Gasteiger partial charge in [0, 0.05) is 30.1 Å². The normalized spacial score (nSPS) is 12.7. The Bertz CT molecular complexity index is 1360. The van der Waals surface area contributed by atoms with Gasteiger partial charge in [0.2, 0.25) is 0 Å². The Morgan fingerprint density at radius 3 is 2.58 bits per heavy atom. The average molecular weight is 455 g/mol. The number of aromatic nitrogens is 3. The molecule has 4 rings (SSSR count). The standard InChI is InChI=1S/C23H20F3N5O2/c1-12-9-13(30-22(33)19(32)15-5-3-4-6-17(15)23(24,25)26)7-8-14(12)16-10-31(2)21-18(16)20(27)28-11-29-21/h3-11,19,32H,1-2H3,(H,30,33)(H2,27,28,29). The number of nitrogens with two attached hydrogens (primary N) is 1. The van der Waals surface area contributed by atoms with E-state index in [-0.39, 0.29) is 0 Å². The second-order valence-corrected chi connectivity index (χ2v) is 7.62. The van der Waals surface area contributed by atoms with E-state index < -0.39 is 29.3 Å². The minimum Gasteiger partial charge on any atom is -0.383 e. The third kappa shape index (κ3) is 4.12. The second-order valence-electron chi connectivity index (χ2n) is 7.62. The van der Waals surface area contributed by atoms with E-state index in [1.54, 1.807) is 18.2 Å². The molecule has 0 saturated heterocycles. The highest BCUT2D eigenvalue weighted by molar-refractivity contribution is 6.01. The first kappa shape index (κ1) is 22.3. The largest absolute Gasteiger partial charge is 0.416 e. The number of aryl methyl sites for hydroxylation is 2. The maximum Gasteiger partial charge on any atom is 0.416 e. The fourth-order valence-electron chi connectivity index (χ4n) is 3.83. The molecule has 0 aliphatic heterocycles. The number of amides is 1. The molecule has 1 atom stereocenters. The van der Waals surface area contributed by atoms with Crippen molar-refractivity contribution < 1.29 is 23.1 Å². The first-order valence-electron chi connectivity index (χ1n) is 9.89. The van der Waals surface area contributed by atoms with E-state index >= 15 is 0 Å². The summed E-state index contributed by atoms with van der Waals surface area (Å²) in [6.07, 6.45) is -3.43. The monoisotopic (exact) mass is 455 g/mol. The Hall–Kier alpha value is -3.92. The SMILES string of the molecule is Cc1cc(NC(=O)C(O)c2ccccc2C(F)(F)F)ccc1-c1cn(C)c2ncnc(N)c12. The van der Waals surface area contributed by atoms with Crippen LogP contribution in [-0.4, -0.2) is 25.5 Å². The minimum absolute atomic E-state index is 0.328. The molecule has 2 heterocycles. The molecule has 1 amide bonds. The third-order valence-corrected chi connectivity index (χ3v) is 5.38. The molecule has 0 aliphatic rings. The van der Waals surface area contributed by atoms with Crippen LogP contribution in [0.3, 0.4) is 0 Å². The fourth-order valence-corrected chi connectivity index (χ4v) is 3.83. The number of carbonyl (C=O) groups excluding carboxylic acids is 1. The molecule has 0 aliphatic carbocycles. The second kappa shape index (κ2) is 8.21. The van der Waals surface area contributed by atoms with Crippen LogP contribution in [0.5, 0.6) is 0 Å². The van der Waals surface area contributed by atoms with E-state index in [2.05, 4.69) is 15.3 Å². The number of halogens is 3. The lowest BCUT2D eigenvalue weighted by atomic mass is 9.99. The van der Waals surface area contributed by atoms with E-state index in [9.17, 15) is 23.1 Å². The van der Waals surface area contributed by atoms with Crippen LogP contribution in [0.15, 0.2) is 55.0 Å². The zero-order valence-corrected chi connectivity index (χ0v) is 17.7. The zero-order chi connectivity index (χ0) is 23.9. The lowest BCUT2D eigenvalue weighted by Gasteiger charge is -2.17. The van der Waals surface area contributed by atoms with Crippen LogP contribution >= 0.6 is 0 Å². The van der Waals surface area contributed by atoms with Crippen molar-refractivity contribution in [1.82, 2.24) is 14.5 Å². The Morgan fingerprint density at radius 2 is 1.88 bits per heavy atom. The van der Waals surface area contributed by atoms with Crippen LogP contribution < -0.4 is 11.1 Å². The summed E-state index contributed by atoms with van der Waals surface area (Å²) in [6, 6.07) is 9.45. The molecular weight excluding hydrogens is 435 g/mol. The molecule has 4 aromatic rings. The highest BCUT2D eigenvalue weighted by Crippen LogP contribution is 2.36. The number of carbonyl (C=O) groups is 1. The summed E-state index contributed by atoms with van der Waals surface area (Å²) in [5.41, 5.74) is 7.88. The third-order valence-electron chi connectivity index (χ3n) is 5.38. The van der Waals surface area contributed by atoms with Crippen molar-refractivity contribution in [2.45, 2.75) is 19.2 Å². The number of aliphatic hydroxyl groups is 1. The van der Waals surface area contributed by atoms with Crippen LogP contribution in [0, 0.1) is 6.92 Å². The number of benzene rings is 2. The summed E-state index contributed by atoms with van der Waals surface area (Å²) < 4.78 is 41.5. The molecule has 7 nitrogen and oxygen atoms in total. The minimum atomic E-state index is -4.69. The van der Waals surface area contributed by atoms with Crippen molar-refractivity contribution in [3.05, 3.63) is 71.7 Å².